The second-order valence-electron chi connectivity index (χ2n) is 9.04. The van der Waals surface area contributed by atoms with Crippen molar-refractivity contribution in [3.63, 3.8) is 0 Å². The lowest BCUT2D eigenvalue weighted by Crippen LogP contribution is -2.36. The summed E-state index contributed by atoms with van der Waals surface area (Å²) in [5, 5.41) is 8.24. The fraction of sp³-hybridized carbons (Fsp3) is 0.320. The first-order chi connectivity index (χ1) is 15.4. The normalized spacial score (nSPS) is 19.1. The van der Waals surface area contributed by atoms with Gasteiger partial charge in [0.25, 0.3) is 0 Å². The number of carbonyl (C=O) groups excluding carboxylic acids is 1. The van der Waals surface area contributed by atoms with Crippen LogP contribution in [-0.4, -0.2) is 34.8 Å². The Kier molecular flexibility index (Phi) is 4.77. The van der Waals surface area contributed by atoms with E-state index in [0.717, 1.165) is 28.8 Å². The molecule has 1 aliphatic carbocycles. The molecule has 2 heterocycles. The molecule has 7 heteroatoms. The van der Waals surface area contributed by atoms with Gasteiger partial charge in [-0.2, -0.15) is 4.98 Å². The number of Topliss-reactive ketones (excluding diaryl/α,β-unsaturated/α-hetero) is 1. The number of carbonyl (C=O) groups is 1. The van der Waals surface area contributed by atoms with E-state index in [1.54, 1.807) is 14.2 Å². The van der Waals surface area contributed by atoms with E-state index in [1.807, 2.05) is 53.2 Å². The summed E-state index contributed by atoms with van der Waals surface area (Å²) >= 11 is 0. The van der Waals surface area contributed by atoms with Crippen LogP contribution >= 0.6 is 0 Å². The molecule has 1 aromatic heterocycles. The first kappa shape index (κ1) is 20.3. The zero-order chi connectivity index (χ0) is 22.5. The number of ketones is 1. The van der Waals surface area contributed by atoms with Gasteiger partial charge < -0.3 is 14.8 Å². The highest BCUT2D eigenvalue weighted by molar-refractivity contribution is 6.00. The van der Waals surface area contributed by atoms with Crippen LogP contribution in [0.3, 0.4) is 0 Å². The molecule has 0 saturated carbocycles. The molecule has 2 aromatic carbocycles. The number of allylic oxidation sites excluding steroid dienone is 2. The predicted molar refractivity (Wildman–Crippen MR) is 122 cm³/mol. The number of benzene rings is 2. The summed E-state index contributed by atoms with van der Waals surface area (Å²) in [6.07, 6.45) is 1.26. The molecule has 164 valence electrons. The Labute approximate surface area is 187 Å². The molecule has 2 aliphatic rings. The van der Waals surface area contributed by atoms with Crippen LogP contribution in [0.5, 0.6) is 11.5 Å². The van der Waals surface area contributed by atoms with E-state index in [1.165, 1.54) is 0 Å². The summed E-state index contributed by atoms with van der Waals surface area (Å²) in [5.74, 6) is 2.63. The minimum absolute atomic E-state index is 0.116. The molecule has 32 heavy (non-hydrogen) atoms. The predicted octanol–water partition coefficient (Wildman–Crippen LogP) is 4.62. The smallest absolute Gasteiger partial charge is 0.226 e. The summed E-state index contributed by atoms with van der Waals surface area (Å²) in [4.78, 5) is 18.2. The molecule has 0 bridgehead atoms. The van der Waals surface area contributed by atoms with Crippen LogP contribution in [0, 0.1) is 5.41 Å². The lowest BCUT2D eigenvalue weighted by Gasteiger charge is -2.38. The molecular weight excluding hydrogens is 404 g/mol. The Morgan fingerprint density at radius 1 is 1.03 bits per heavy atom. The van der Waals surface area contributed by atoms with Crippen molar-refractivity contribution in [2.24, 2.45) is 5.41 Å². The molecular formula is C25H26N4O3. The highest BCUT2D eigenvalue weighted by Crippen LogP contribution is 2.46. The van der Waals surface area contributed by atoms with E-state index in [-0.39, 0.29) is 11.2 Å². The summed E-state index contributed by atoms with van der Waals surface area (Å²) in [6.45, 7) is 4.24. The number of ether oxygens (including phenoxy) is 2. The molecule has 0 spiro atoms. The Bertz CT molecular complexity index is 1230. The largest absolute Gasteiger partial charge is 0.493 e. The van der Waals surface area contributed by atoms with Crippen molar-refractivity contribution in [3.05, 3.63) is 65.4 Å². The zero-order valence-corrected chi connectivity index (χ0v) is 18.7. The Hall–Kier alpha value is -3.61. The fourth-order valence-corrected chi connectivity index (χ4v) is 4.65. The second kappa shape index (κ2) is 7.51. The van der Waals surface area contributed by atoms with E-state index in [2.05, 4.69) is 19.2 Å². The van der Waals surface area contributed by atoms with Gasteiger partial charge in [-0.15, -0.1) is 5.10 Å². The third-order valence-corrected chi connectivity index (χ3v) is 6.09. The first-order valence-corrected chi connectivity index (χ1v) is 10.7. The van der Waals surface area contributed by atoms with Crippen LogP contribution in [0.2, 0.25) is 0 Å². The minimum Gasteiger partial charge on any atom is -0.493 e. The van der Waals surface area contributed by atoms with Crippen molar-refractivity contribution in [3.8, 4) is 22.9 Å². The number of methoxy groups -OCH3 is 2. The number of hydrogen-bond donors (Lipinski definition) is 1. The molecule has 7 nitrogen and oxygen atoms in total. The van der Waals surface area contributed by atoms with Crippen molar-refractivity contribution in [2.75, 3.05) is 19.5 Å². The van der Waals surface area contributed by atoms with Gasteiger partial charge in [0.1, 0.15) is 6.04 Å². The molecule has 1 aliphatic heterocycles. The van der Waals surface area contributed by atoms with Crippen molar-refractivity contribution >= 4 is 11.7 Å². The van der Waals surface area contributed by atoms with Crippen LogP contribution < -0.4 is 14.8 Å². The maximum atomic E-state index is 13.4. The maximum Gasteiger partial charge on any atom is 0.226 e. The number of nitrogens with one attached hydrogen (secondary N) is 1. The van der Waals surface area contributed by atoms with Gasteiger partial charge in [-0.05, 0) is 29.5 Å². The topological polar surface area (TPSA) is 78.3 Å². The van der Waals surface area contributed by atoms with Gasteiger partial charge in [0.2, 0.25) is 5.95 Å². The third kappa shape index (κ3) is 3.34. The molecule has 0 fully saturated rings. The van der Waals surface area contributed by atoms with E-state index in [9.17, 15) is 4.79 Å². The third-order valence-electron chi connectivity index (χ3n) is 6.09. The van der Waals surface area contributed by atoms with Gasteiger partial charge in [0, 0.05) is 23.3 Å². The summed E-state index contributed by atoms with van der Waals surface area (Å²) in [7, 11) is 3.22. The average Bonchev–Trinajstić information content (AvgIpc) is 3.20. The monoisotopic (exact) mass is 430 g/mol. The molecule has 1 atom stereocenters. The second-order valence-corrected chi connectivity index (χ2v) is 9.04. The minimum atomic E-state index is -0.394. The average molecular weight is 431 g/mol. The molecule has 0 saturated heterocycles. The number of anilines is 1. The molecule has 0 radical (unpaired) electrons. The van der Waals surface area contributed by atoms with Gasteiger partial charge in [-0.1, -0.05) is 50.2 Å². The number of rotatable bonds is 4. The van der Waals surface area contributed by atoms with Crippen LogP contribution in [0.25, 0.3) is 11.4 Å². The van der Waals surface area contributed by atoms with E-state index in [0.29, 0.717) is 29.7 Å². The summed E-state index contributed by atoms with van der Waals surface area (Å²) in [6, 6.07) is 15.2. The maximum absolute atomic E-state index is 13.4. The van der Waals surface area contributed by atoms with Gasteiger partial charge in [0.15, 0.2) is 23.1 Å². The molecule has 1 N–H and O–H groups in total. The lowest BCUT2D eigenvalue weighted by molar-refractivity contribution is -0.118. The highest BCUT2D eigenvalue weighted by atomic mass is 16.5. The van der Waals surface area contributed by atoms with Crippen molar-refractivity contribution < 1.29 is 14.3 Å². The quantitative estimate of drug-likeness (QED) is 0.651. The molecule has 3 aromatic rings. The number of hydrogen-bond acceptors (Lipinski definition) is 6. The van der Waals surface area contributed by atoms with E-state index < -0.39 is 6.04 Å². The molecule has 0 amide bonds. The van der Waals surface area contributed by atoms with E-state index in [4.69, 9.17) is 19.6 Å². The fourth-order valence-electron chi connectivity index (χ4n) is 4.65. The number of fused-ring (bicyclic) bond motifs is 1. The first-order valence-electron chi connectivity index (χ1n) is 10.7. The van der Waals surface area contributed by atoms with Gasteiger partial charge in [0.05, 0.1) is 14.2 Å². The number of nitrogens with zero attached hydrogens (tertiary/aromatic N) is 3. The standard InChI is InChI=1S/C25H26N4O3/c1-25(2)13-17-21(18(30)14-25)22(16-10-11-19(31-3)20(12-16)32-4)29-24(26-17)27-23(28-29)15-8-6-5-7-9-15/h5-12,22H,13-14H2,1-4H3,(H,26,27,28)/t22-/m1/s1. The summed E-state index contributed by atoms with van der Waals surface area (Å²) in [5.41, 5.74) is 3.37. The Morgan fingerprint density at radius 2 is 1.78 bits per heavy atom. The Morgan fingerprint density at radius 3 is 2.50 bits per heavy atom. The van der Waals surface area contributed by atoms with Gasteiger partial charge in [-0.25, -0.2) is 4.68 Å². The van der Waals surface area contributed by atoms with Gasteiger partial charge >= 0.3 is 0 Å². The molecule has 0 unspecified atom stereocenters. The van der Waals surface area contributed by atoms with Crippen molar-refractivity contribution in [1.29, 1.82) is 0 Å². The van der Waals surface area contributed by atoms with Crippen LogP contribution in [0.4, 0.5) is 5.95 Å². The van der Waals surface area contributed by atoms with Crippen LogP contribution in [-0.2, 0) is 4.79 Å². The van der Waals surface area contributed by atoms with Crippen molar-refractivity contribution in [2.45, 2.75) is 32.7 Å². The number of aromatic nitrogens is 3. The van der Waals surface area contributed by atoms with Crippen molar-refractivity contribution in [1.82, 2.24) is 14.8 Å². The van der Waals surface area contributed by atoms with Crippen LogP contribution in [0.15, 0.2) is 59.8 Å². The highest BCUT2D eigenvalue weighted by Gasteiger charge is 2.42. The molecule has 5 rings (SSSR count). The summed E-state index contributed by atoms with van der Waals surface area (Å²) < 4.78 is 12.8. The zero-order valence-electron chi connectivity index (χ0n) is 18.7. The SMILES string of the molecule is COc1ccc([C@@H]2C3=C(CC(C)(C)CC3=O)Nc3nc(-c4ccccc4)nn32)cc1OC. The Balaban J connectivity index is 1.69. The van der Waals surface area contributed by atoms with Gasteiger partial charge in [-0.3, -0.25) is 4.79 Å². The van der Waals surface area contributed by atoms with Crippen LogP contribution in [0.1, 0.15) is 38.3 Å². The lowest BCUT2D eigenvalue weighted by atomic mass is 9.73. The van der Waals surface area contributed by atoms with E-state index >= 15 is 0 Å².